The van der Waals surface area contributed by atoms with Crippen LogP contribution in [0.2, 0.25) is 5.02 Å². The van der Waals surface area contributed by atoms with Gasteiger partial charge >= 0.3 is 0 Å². The first-order valence-corrected chi connectivity index (χ1v) is 5.34. The van der Waals surface area contributed by atoms with Gasteiger partial charge in [-0.1, -0.05) is 17.7 Å². The average Bonchev–Trinajstić information content (AvgIpc) is 2.18. The summed E-state index contributed by atoms with van der Waals surface area (Å²) in [6.07, 6.45) is 0. The third-order valence-electron chi connectivity index (χ3n) is 1.86. The van der Waals surface area contributed by atoms with Crippen LogP contribution in [0.1, 0.15) is 0 Å². The van der Waals surface area contributed by atoms with Crippen molar-refractivity contribution in [3.8, 4) is 5.75 Å². The Balaban J connectivity index is 2.88. The molecule has 1 heterocycles. The van der Waals surface area contributed by atoms with Crippen molar-refractivity contribution in [2.45, 2.75) is 0 Å². The van der Waals surface area contributed by atoms with Gasteiger partial charge in [-0.2, -0.15) is 0 Å². The van der Waals surface area contributed by atoms with E-state index in [0.29, 0.717) is 10.5 Å². The third-order valence-corrected chi connectivity index (χ3v) is 2.87. The normalized spacial score (nSPS) is 10.5. The number of fused-ring (bicyclic) bond motifs is 1. The summed E-state index contributed by atoms with van der Waals surface area (Å²) in [5.41, 5.74) is 0.673. The number of aromatic nitrogens is 2. The molecule has 1 aromatic heterocycles. The Morgan fingerprint density at radius 1 is 1.36 bits per heavy atom. The van der Waals surface area contributed by atoms with Gasteiger partial charge in [0.25, 0.3) is 0 Å². The molecule has 5 heteroatoms. The molecule has 14 heavy (non-hydrogen) atoms. The second-order valence-corrected chi connectivity index (χ2v) is 4.09. The first-order chi connectivity index (χ1) is 6.74. The molecule has 72 valence electrons. The molecule has 0 aliphatic heterocycles. The molecule has 2 aromatic rings. The molecule has 1 aromatic carbocycles. The molecule has 3 nitrogen and oxygen atoms in total. The predicted molar refractivity (Wildman–Crippen MR) is 63.8 cm³/mol. The number of ether oxygens (including phenoxy) is 1. The molecular formula is C9H6ClIN2O. The van der Waals surface area contributed by atoms with Crippen LogP contribution in [0.3, 0.4) is 0 Å². The van der Waals surface area contributed by atoms with Crippen LogP contribution in [0.5, 0.6) is 5.75 Å². The molecule has 0 saturated heterocycles. The van der Waals surface area contributed by atoms with Gasteiger partial charge in [0, 0.05) is 5.39 Å². The van der Waals surface area contributed by atoms with Gasteiger partial charge in [-0.25, -0.2) is 0 Å². The molecule has 0 radical (unpaired) electrons. The number of halogens is 2. The molecule has 0 fully saturated rings. The topological polar surface area (TPSA) is 35.0 Å². The fourth-order valence-electron chi connectivity index (χ4n) is 1.24. The van der Waals surface area contributed by atoms with Crippen LogP contribution in [0.4, 0.5) is 0 Å². The lowest BCUT2D eigenvalue weighted by molar-refractivity contribution is 0.413. The first-order valence-electron chi connectivity index (χ1n) is 3.88. The standard InChI is InChI=1S/C9H6ClIN2O/c1-14-8-5-3-2-4-6(10)7(5)12-13-9(8)11/h2-4H,1H3. The highest BCUT2D eigenvalue weighted by Crippen LogP contribution is 2.30. The van der Waals surface area contributed by atoms with Gasteiger partial charge in [-0.05, 0) is 34.7 Å². The Labute approximate surface area is 99.6 Å². The van der Waals surface area contributed by atoms with Crippen LogP contribution < -0.4 is 4.74 Å². The second-order valence-electron chi connectivity index (χ2n) is 2.66. The summed E-state index contributed by atoms with van der Waals surface area (Å²) in [5.74, 6) is 0.720. The summed E-state index contributed by atoms with van der Waals surface area (Å²) >= 11 is 8.06. The maximum atomic E-state index is 5.98. The highest BCUT2D eigenvalue weighted by molar-refractivity contribution is 14.1. The summed E-state index contributed by atoms with van der Waals surface area (Å²) in [6, 6.07) is 5.56. The number of nitrogens with zero attached hydrogens (tertiary/aromatic N) is 2. The van der Waals surface area contributed by atoms with Crippen molar-refractivity contribution < 1.29 is 4.74 Å². The van der Waals surface area contributed by atoms with Crippen LogP contribution in [0, 0.1) is 3.70 Å². The molecule has 0 saturated carbocycles. The quantitative estimate of drug-likeness (QED) is 0.758. The molecule has 0 bridgehead atoms. The number of benzene rings is 1. The second kappa shape index (κ2) is 3.86. The van der Waals surface area contributed by atoms with E-state index >= 15 is 0 Å². The van der Waals surface area contributed by atoms with E-state index in [9.17, 15) is 0 Å². The van der Waals surface area contributed by atoms with E-state index in [2.05, 4.69) is 32.8 Å². The zero-order valence-electron chi connectivity index (χ0n) is 7.29. The van der Waals surface area contributed by atoms with Gasteiger partial charge in [-0.15, -0.1) is 10.2 Å². The molecule has 0 unspecified atom stereocenters. The van der Waals surface area contributed by atoms with E-state index in [1.807, 2.05) is 12.1 Å². The van der Waals surface area contributed by atoms with Crippen LogP contribution in [-0.2, 0) is 0 Å². The minimum atomic E-state index is 0.588. The van der Waals surface area contributed by atoms with Crippen molar-refractivity contribution in [1.29, 1.82) is 0 Å². The van der Waals surface area contributed by atoms with Gasteiger partial charge in [-0.3, -0.25) is 0 Å². The van der Waals surface area contributed by atoms with Crippen molar-refractivity contribution >= 4 is 45.1 Å². The molecule has 2 rings (SSSR count). The smallest absolute Gasteiger partial charge is 0.166 e. The van der Waals surface area contributed by atoms with E-state index in [1.165, 1.54) is 0 Å². The Morgan fingerprint density at radius 2 is 2.14 bits per heavy atom. The Hall–Kier alpha value is -0.620. The van der Waals surface area contributed by atoms with Gasteiger partial charge < -0.3 is 4.74 Å². The van der Waals surface area contributed by atoms with E-state index in [0.717, 1.165) is 14.8 Å². The number of rotatable bonds is 1. The van der Waals surface area contributed by atoms with E-state index in [1.54, 1.807) is 13.2 Å². The summed E-state index contributed by atoms with van der Waals surface area (Å²) in [7, 11) is 1.61. The maximum Gasteiger partial charge on any atom is 0.166 e. The summed E-state index contributed by atoms with van der Waals surface area (Å²) in [6.45, 7) is 0. The van der Waals surface area contributed by atoms with Crippen molar-refractivity contribution in [3.63, 3.8) is 0 Å². The van der Waals surface area contributed by atoms with Gasteiger partial charge in [0.05, 0.1) is 12.1 Å². The minimum Gasteiger partial charge on any atom is -0.493 e. The predicted octanol–water partition coefficient (Wildman–Crippen LogP) is 2.90. The van der Waals surface area contributed by atoms with Gasteiger partial charge in [0.1, 0.15) is 5.52 Å². The molecular weight excluding hydrogens is 314 g/mol. The molecule has 0 atom stereocenters. The highest BCUT2D eigenvalue weighted by atomic mass is 127. The number of hydrogen-bond donors (Lipinski definition) is 0. The summed E-state index contributed by atoms with van der Waals surface area (Å²) in [5, 5.41) is 9.46. The maximum absolute atomic E-state index is 5.98. The average molecular weight is 321 g/mol. The lowest BCUT2D eigenvalue weighted by Gasteiger charge is -2.06. The fraction of sp³-hybridized carbons (Fsp3) is 0.111. The number of hydrogen-bond acceptors (Lipinski definition) is 3. The fourth-order valence-corrected chi connectivity index (χ4v) is 2.08. The van der Waals surface area contributed by atoms with E-state index < -0.39 is 0 Å². The van der Waals surface area contributed by atoms with Gasteiger partial charge in [0.15, 0.2) is 9.45 Å². The molecule has 0 N–H and O–H groups in total. The van der Waals surface area contributed by atoms with E-state index in [-0.39, 0.29) is 0 Å². The highest BCUT2D eigenvalue weighted by Gasteiger charge is 2.10. The Bertz CT molecular complexity index is 489. The summed E-state index contributed by atoms with van der Waals surface area (Å²) in [4.78, 5) is 0. The zero-order chi connectivity index (χ0) is 10.1. The zero-order valence-corrected chi connectivity index (χ0v) is 10.2. The van der Waals surface area contributed by atoms with Gasteiger partial charge in [0.2, 0.25) is 0 Å². The largest absolute Gasteiger partial charge is 0.493 e. The van der Waals surface area contributed by atoms with Crippen molar-refractivity contribution in [1.82, 2.24) is 10.2 Å². The van der Waals surface area contributed by atoms with Crippen molar-refractivity contribution in [2.24, 2.45) is 0 Å². The van der Waals surface area contributed by atoms with Crippen molar-refractivity contribution in [2.75, 3.05) is 7.11 Å². The minimum absolute atomic E-state index is 0.588. The van der Waals surface area contributed by atoms with Crippen LogP contribution >= 0.6 is 34.2 Å². The third kappa shape index (κ3) is 1.52. The lowest BCUT2D eigenvalue weighted by Crippen LogP contribution is -1.95. The summed E-state index contributed by atoms with van der Waals surface area (Å²) < 4.78 is 5.98. The first kappa shape index (κ1) is 9.92. The molecule has 0 aliphatic rings. The molecule has 0 spiro atoms. The molecule has 0 aliphatic carbocycles. The van der Waals surface area contributed by atoms with Crippen LogP contribution in [-0.4, -0.2) is 17.3 Å². The van der Waals surface area contributed by atoms with Crippen LogP contribution in [0.15, 0.2) is 18.2 Å². The monoisotopic (exact) mass is 320 g/mol. The Morgan fingerprint density at radius 3 is 2.86 bits per heavy atom. The number of methoxy groups -OCH3 is 1. The van der Waals surface area contributed by atoms with Crippen LogP contribution in [0.25, 0.3) is 10.9 Å². The van der Waals surface area contributed by atoms with Crippen molar-refractivity contribution in [3.05, 3.63) is 26.9 Å². The lowest BCUT2D eigenvalue weighted by atomic mass is 10.2. The SMILES string of the molecule is COc1c(I)nnc2c(Cl)cccc12. The Kier molecular flexibility index (Phi) is 2.73. The van der Waals surface area contributed by atoms with E-state index in [4.69, 9.17) is 16.3 Å². The molecule has 0 amide bonds.